The third-order valence-corrected chi connectivity index (χ3v) is 3.57. The largest absolute Gasteiger partial charge is 0.437 e. The smallest absolute Gasteiger partial charge is 0.269 e. The zero-order chi connectivity index (χ0) is 15.7. The molecule has 0 unspecified atom stereocenters. The van der Waals surface area contributed by atoms with Crippen LogP contribution in [0.1, 0.15) is 19.2 Å². The molecule has 5 nitrogen and oxygen atoms in total. The van der Waals surface area contributed by atoms with Gasteiger partial charge in [0, 0.05) is 13.0 Å². The van der Waals surface area contributed by atoms with Gasteiger partial charge in [-0.3, -0.25) is 14.2 Å². The highest BCUT2D eigenvalue weighted by Gasteiger charge is 2.16. The highest BCUT2D eigenvalue weighted by molar-refractivity contribution is 5.87. The zero-order valence-electron chi connectivity index (χ0n) is 12.3. The molecule has 2 aromatic heterocycles. The summed E-state index contributed by atoms with van der Waals surface area (Å²) in [6.45, 7) is 5.99. The molecular formula is C17H16N2O3. The van der Waals surface area contributed by atoms with Crippen LogP contribution in [0.25, 0.3) is 22.1 Å². The van der Waals surface area contributed by atoms with Crippen molar-refractivity contribution < 1.29 is 4.42 Å². The highest BCUT2D eigenvalue weighted by atomic mass is 16.3. The topological polar surface area (TPSA) is 65.1 Å². The number of para-hydroxylation sites is 1. The second-order valence-corrected chi connectivity index (χ2v) is 5.09. The van der Waals surface area contributed by atoms with Gasteiger partial charge in [0.2, 0.25) is 11.1 Å². The normalized spacial score (nSPS) is 11.1. The predicted octanol–water partition coefficient (Wildman–Crippen LogP) is 2.64. The van der Waals surface area contributed by atoms with Crippen molar-refractivity contribution in [3.8, 4) is 0 Å². The van der Waals surface area contributed by atoms with Gasteiger partial charge < -0.3 is 4.42 Å². The third-order valence-electron chi connectivity index (χ3n) is 3.57. The van der Waals surface area contributed by atoms with E-state index in [2.05, 4.69) is 11.6 Å². The first kappa shape index (κ1) is 14.3. The van der Waals surface area contributed by atoms with Crippen LogP contribution < -0.4 is 11.0 Å². The Morgan fingerprint density at radius 3 is 2.82 bits per heavy atom. The molecule has 0 fully saturated rings. The first-order valence-electron chi connectivity index (χ1n) is 7.23. The summed E-state index contributed by atoms with van der Waals surface area (Å²) in [6.07, 6.45) is 3.10. The summed E-state index contributed by atoms with van der Waals surface area (Å²) in [5.41, 5.74) is -0.156. The van der Waals surface area contributed by atoms with Gasteiger partial charge in [-0.2, -0.15) is 4.98 Å². The molecule has 1 aromatic carbocycles. The minimum atomic E-state index is -0.368. The summed E-state index contributed by atoms with van der Waals surface area (Å²) in [5.74, 6) is 0.610. The fraction of sp³-hybridized carbons (Fsp3) is 0.235. The molecule has 0 bridgehead atoms. The summed E-state index contributed by atoms with van der Waals surface area (Å²) < 4.78 is 7.17. The molecule has 0 aliphatic heterocycles. The second-order valence-electron chi connectivity index (χ2n) is 5.09. The van der Waals surface area contributed by atoms with Gasteiger partial charge in [0.15, 0.2) is 5.39 Å². The van der Waals surface area contributed by atoms with Crippen LogP contribution in [0.3, 0.4) is 0 Å². The van der Waals surface area contributed by atoms with Gasteiger partial charge >= 0.3 is 0 Å². The molecule has 22 heavy (non-hydrogen) atoms. The molecule has 0 N–H and O–H groups in total. The van der Waals surface area contributed by atoms with Gasteiger partial charge in [-0.25, -0.2) is 0 Å². The molecule has 0 amide bonds. The molecule has 0 radical (unpaired) electrons. The van der Waals surface area contributed by atoms with Crippen molar-refractivity contribution in [2.45, 2.75) is 26.3 Å². The average Bonchev–Trinajstić information content (AvgIpc) is 2.51. The number of aryl methyl sites for hydroxylation is 1. The van der Waals surface area contributed by atoms with Crippen molar-refractivity contribution in [3.05, 3.63) is 63.3 Å². The molecule has 5 heteroatoms. The van der Waals surface area contributed by atoms with E-state index in [1.54, 1.807) is 30.3 Å². The number of rotatable bonds is 4. The zero-order valence-corrected chi connectivity index (χ0v) is 12.3. The maximum atomic E-state index is 12.7. The van der Waals surface area contributed by atoms with Crippen LogP contribution in [0, 0.1) is 0 Å². The summed E-state index contributed by atoms with van der Waals surface area (Å²) in [7, 11) is 0. The molecule has 0 aliphatic carbocycles. The lowest BCUT2D eigenvalue weighted by Crippen LogP contribution is -2.28. The highest BCUT2D eigenvalue weighted by Crippen LogP contribution is 2.15. The van der Waals surface area contributed by atoms with Crippen molar-refractivity contribution in [1.29, 1.82) is 0 Å². The minimum Gasteiger partial charge on any atom is -0.437 e. The van der Waals surface area contributed by atoms with Crippen molar-refractivity contribution in [1.82, 2.24) is 9.55 Å². The predicted molar refractivity (Wildman–Crippen MR) is 86.2 cm³/mol. The van der Waals surface area contributed by atoms with Crippen LogP contribution in [0.5, 0.6) is 0 Å². The van der Waals surface area contributed by atoms with Crippen molar-refractivity contribution in [2.75, 3.05) is 0 Å². The van der Waals surface area contributed by atoms with Crippen LogP contribution in [0.2, 0.25) is 0 Å². The monoisotopic (exact) mass is 296 g/mol. The number of aromatic nitrogens is 2. The summed E-state index contributed by atoms with van der Waals surface area (Å²) in [5, 5.41) is 0.391. The molecule has 112 valence electrons. The molecule has 0 atom stereocenters. The maximum Gasteiger partial charge on any atom is 0.269 e. The lowest BCUT2D eigenvalue weighted by Gasteiger charge is -2.10. The molecule has 0 aliphatic rings. The van der Waals surface area contributed by atoms with Gasteiger partial charge in [0.25, 0.3) is 5.56 Å². The van der Waals surface area contributed by atoms with Crippen molar-refractivity contribution in [3.63, 3.8) is 0 Å². The van der Waals surface area contributed by atoms with Crippen LogP contribution in [-0.2, 0) is 13.0 Å². The molecule has 0 saturated carbocycles. The fourth-order valence-corrected chi connectivity index (χ4v) is 2.56. The van der Waals surface area contributed by atoms with E-state index in [0.29, 0.717) is 29.8 Å². The Morgan fingerprint density at radius 1 is 1.32 bits per heavy atom. The summed E-state index contributed by atoms with van der Waals surface area (Å²) >= 11 is 0. The number of hydrogen-bond donors (Lipinski definition) is 0. The molecule has 3 aromatic rings. The van der Waals surface area contributed by atoms with Gasteiger partial charge in [-0.1, -0.05) is 25.1 Å². The van der Waals surface area contributed by atoms with Gasteiger partial charge in [-0.05, 0) is 18.6 Å². The second kappa shape index (κ2) is 5.60. The van der Waals surface area contributed by atoms with Crippen LogP contribution >= 0.6 is 0 Å². The minimum absolute atomic E-state index is 0.000373. The van der Waals surface area contributed by atoms with Gasteiger partial charge in [0.1, 0.15) is 11.4 Å². The van der Waals surface area contributed by atoms with Gasteiger partial charge in [0.05, 0.1) is 5.39 Å². The number of fused-ring (bicyclic) bond motifs is 2. The Hall–Kier alpha value is -2.69. The number of hydrogen-bond acceptors (Lipinski definition) is 4. The van der Waals surface area contributed by atoms with E-state index in [4.69, 9.17) is 4.42 Å². The Bertz CT molecular complexity index is 983. The quantitative estimate of drug-likeness (QED) is 0.548. The number of allylic oxidation sites excluding steroid dienone is 1. The molecule has 0 saturated heterocycles. The Morgan fingerprint density at radius 2 is 2.09 bits per heavy atom. The van der Waals surface area contributed by atoms with E-state index in [-0.39, 0.29) is 22.1 Å². The van der Waals surface area contributed by atoms with E-state index >= 15 is 0 Å². The third kappa shape index (κ3) is 2.15. The molecule has 2 heterocycles. The summed E-state index contributed by atoms with van der Waals surface area (Å²) in [4.78, 5) is 29.7. The van der Waals surface area contributed by atoms with E-state index in [9.17, 15) is 9.59 Å². The molecule has 3 rings (SSSR count). The first-order chi connectivity index (χ1) is 10.7. The van der Waals surface area contributed by atoms with Crippen molar-refractivity contribution in [2.24, 2.45) is 0 Å². The fourth-order valence-electron chi connectivity index (χ4n) is 2.56. The van der Waals surface area contributed by atoms with Crippen LogP contribution in [-0.4, -0.2) is 9.55 Å². The summed E-state index contributed by atoms with van der Waals surface area (Å²) in [6, 6.07) is 6.87. The van der Waals surface area contributed by atoms with E-state index in [1.807, 2.05) is 6.92 Å². The lowest BCUT2D eigenvalue weighted by molar-refractivity contribution is 0.612. The van der Waals surface area contributed by atoms with Gasteiger partial charge in [-0.15, -0.1) is 6.58 Å². The number of nitrogens with zero attached hydrogens (tertiary/aromatic N) is 2. The van der Waals surface area contributed by atoms with Crippen LogP contribution in [0.4, 0.5) is 0 Å². The first-order valence-corrected chi connectivity index (χ1v) is 7.23. The Kier molecular flexibility index (Phi) is 3.63. The van der Waals surface area contributed by atoms with Crippen molar-refractivity contribution >= 4 is 22.1 Å². The van der Waals surface area contributed by atoms with E-state index in [1.165, 1.54) is 4.57 Å². The standard InChI is InChI=1S/C17H16N2O3/c1-3-7-13-18-16-14(17(21)19(13)10-4-2)15(20)11-8-5-6-9-12(11)22-16/h4-6,8-9H,2-3,7,10H2,1H3. The molecular weight excluding hydrogens is 280 g/mol. The Balaban J connectivity index is 2.49. The van der Waals surface area contributed by atoms with E-state index < -0.39 is 0 Å². The molecule has 0 spiro atoms. The van der Waals surface area contributed by atoms with E-state index in [0.717, 1.165) is 6.42 Å². The maximum absolute atomic E-state index is 12.7. The number of benzene rings is 1. The van der Waals surface area contributed by atoms with Crippen LogP contribution in [0.15, 0.2) is 50.9 Å². The lowest BCUT2D eigenvalue weighted by atomic mass is 10.2. The Labute approximate surface area is 126 Å². The average molecular weight is 296 g/mol. The SMILES string of the molecule is C=CCn1c(CCC)nc2oc3ccccc3c(=O)c2c1=O.